The van der Waals surface area contributed by atoms with Gasteiger partial charge in [-0.25, -0.2) is 4.98 Å². The van der Waals surface area contributed by atoms with Crippen LogP contribution < -0.4 is 10.6 Å². The largest absolute Gasteiger partial charge is 0.362 e. The topological polar surface area (TPSA) is 83.3 Å². The van der Waals surface area contributed by atoms with E-state index in [1.165, 1.54) is 6.26 Å². The van der Waals surface area contributed by atoms with Gasteiger partial charge in [-0.05, 0) is 33.2 Å². The Balaban J connectivity index is 2.00. The number of carbonyl (C=O) groups is 1. The molecule has 0 saturated carbocycles. The van der Waals surface area contributed by atoms with Crippen molar-refractivity contribution in [3.8, 4) is 0 Å². The molecule has 2 heterocycles. The number of pyridine rings is 1. The van der Waals surface area contributed by atoms with Crippen molar-refractivity contribution in [1.82, 2.24) is 20.4 Å². The van der Waals surface area contributed by atoms with E-state index in [0.717, 1.165) is 17.9 Å². The van der Waals surface area contributed by atoms with Crippen molar-refractivity contribution in [2.75, 3.05) is 32.5 Å². The summed E-state index contributed by atoms with van der Waals surface area (Å²) in [6.45, 7) is 3.18. The van der Waals surface area contributed by atoms with E-state index in [0.29, 0.717) is 18.1 Å². The van der Waals surface area contributed by atoms with Crippen molar-refractivity contribution < 1.29 is 9.32 Å². The van der Waals surface area contributed by atoms with Gasteiger partial charge in [0.15, 0.2) is 0 Å². The van der Waals surface area contributed by atoms with Crippen LogP contribution in [0.5, 0.6) is 0 Å². The van der Waals surface area contributed by atoms with E-state index in [1.54, 1.807) is 18.2 Å². The molecule has 0 saturated heterocycles. The minimum atomic E-state index is -0.192. The first kappa shape index (κ1) is 15.0. The second-order valence-electron chi connectivity index (χ2n) is 4.91. The molecule has 0 unspecified atom stereocenters. The number of rotatable bonds is 6. The zero-order valence-corrected chi connectivity index (χ0v) is 12.4. The summed E-state index contributed by atoms with van der Waals surface area (Å²) in [5.41, 5.74) is 1.83. The number of carbonyl (C=O) groups excluding carboxylic acids is 1. The Kier molecular flexibility index (Phi) is 4.89. The number of likely N-dealkylation sites (N-methyl/N-ethyl adjacent to an activating group) is 1. The number of nitrogens with one attached hydrogen (secondary N) is 2. The molecule has 1 amide bonds. The molecule has 0 aliphatic heterocycles. The number of nitrogens with zero attached hydrogens (tertiary/aromatic N) is 3. The summed E-state index contributed by atoms with van der Waals surface area (Å²) in [6, 6.07) is 5.23. The Morgan fingerprint density at radius 1 is 1.38 bits per heavy atom. The number of anilines is 2. The van der Waals surface area contributed by atoms with E-state index in [9.17, 15) is 4.79 Å². The highest BCUT2D eigenvalue weighted by molar-refractivity contribution is 5.92. The monoisotopic (exact) mass is 289 g/mol. The standard InChI is InChI=1S/C14H19N5O2/c1-10-12(9-21-18-10)17-13-6-4-5-11(16-13)14(20)15-7-8-19(2)3/h4-6,9H,7-8H2,1-3H3,(H,15,20)(H,16,17). The van der Waals surface area contributed by atoms with Crippen molar-refractivity contribution in [1.29, 1.82) is 0 Å². The van der Waals surface area contributed by atoms with Gasteiger partial charge in [-0.1, -0.05) is 11.2 Å². The fourth-order valence-corrected chi connectivity index (χ4v) is 1.66. The molecule has 0 bridgehead atoms. The minimum absolute atomic E-state index is 0.192. The molecule has 2 aromatic rings. The number of hydrogen-bond donors (Lipinski definition) is 2. The molecule has 0 aliphatic carbocycles. The zero-order valence-electron chi connectivity index (χ0n) is 12.4. The van der Waals surface area contributed by atoms with Gasteiger partial charge in [-0.2, -0.15) is 0 Å². The van der Waals surface area contributed by atoms with Gasteiger partial charge in [0, 0.05) is 13.1 Å². The van der Waals surface area contributed by atoms with Crippen molar-refractivity contribution >= 4 is 17.4 Å². The smallest absolute Gasteiger partial charge is 0.270 e. The maximum absolute atomic E-state index is 12.0. The third-order valence-electron chi connectivity index (χ3n) is 2.84. The maximum atomic E-state index is 12.0. The third kappa shape index (κ3) is 4.28. The van der Waals surface area contributed by atoms with Crippen LogP contribution in [0, 0.1) is 6.92 Å². The molecule has 2 N–H and O–H groups in total. The molecule has 2 rings (SSSR count). The summed E-state index contributed by atoms with van der Waals surface area (Å²) in [4.78, 5) is 18.3. The molecule has 7 heteroatoms. The van der Waals surface area contributed by atoms with Crippen LogP contribution in [0.25, 0.3) is 0 Å². The lowest BCUT2D eigenvalue weighted by Crippen LogP contribution is -2.31. The summed E-state index contributed by atoms with van der Waals surface area (Å²) in [5, 5.41) is 9.67. The molecule has 0 atom stereocenters. The van der Waals surface area contributed by atoms with E-state index in [2.05, 4.69) is 20.8 Å². The summed E-state index contributed by atoms with van der Waals surface area (Å²) in [6.07, 6.45) is 1.50. The van der Waals surface area contributed by atoms with Crippen LogP contribution in [0.3, 0.4) is 0 Å². The normalized spacial score (nSPS) is 10.7. The molecule has 0 radical (unpaired) electrons. The summed E-state index contributed by atoms with van der Waals surface area (Å²) in [7, 11) is 3.91. The van der Waals surface area contributed by atoms with Crippen LogP contribution >= 0.6 is 0 Å². The van der Waals surface area contributed by atoms with Gasteiger partial charge >= 0.3 is 0 Å². The predicted octanol–water partition coefficient (Wildman–Crippen LogP) is 1.41. The van der Waals surface area contributed by atoms with E-state index in [4.69, 9.17) is 4.52 Å². The number of hydrogen-bond acceptors (Lipinski definition) is 6. The second kappa shape index (κ2) is 6.85. The van der Waals surface area contributed by atoms with E-state index >= 15 is 0 Å². The highest BCUT2D eigenvalue weighted by Crippen LogP contribution is 2.17. The van der Waals surface area contributed by atoms with Gasteiger partial charge in [0.1, 0.15) is 29.2 Å². The number of aryl methyl sites for hydroxylation is 1. The Labute approximate surface area is 123 Å². The molecule has 21 heavy (non-hydrogen) atoms. The van der Waals surface area contributed by atoms with Crippen LogP contribution in [0.2, 0.25) is 0 Å². The molecule has 2 aromatic heterocycles. The molecule has 0 aliphatic rings. The van der Waals surface area contributed by atoms with Gasteiger partial charge in [0.2, 0.25) is 0 Å². The van der Waals surface area contributed by atoms with Crippen molar-refractivity contribution in [3.05, 3.63) is 35.9 Å². The second-order valence-corrected chi connectivity index (χ2v) is 4.91. The van der Waals surface area contributed by atoms with Crippen LogP contribution in [-0.2, 0) is 0 Å². The van der Waals surface area contributed by atoms with Gasteiger partial charge in [-0.3, -0.25) is 4.79 Å². The van der Waals surface area contributed by atoms with Crippen LogP contribution in [0.15, 0.2) is 29.0 Å². The highest BCUT2D eigenvalue weighted by Gasteiger charge is 2.09. The molecule has 0 fully saturated rings. The third-order valence-corrected chi connectivity index (χ3v) is 2.84. The van der Waals surface area contributed by atoms with Crippen LogP contribution in [0.1, 0.15) is 16.2 Å². The molecular formula is C14H19N5O2. The van der Waals surface area contributed by atoms with Gasteiger partial charge in [0.05, 0.1) is 0 Å². The lowest BCUT2D eigenvalue weighted by Gasteiger charge is -2.10. The molecular weight excluding hydrogens is 270 g/mol. The Bertz CT molecular complexity index is 609. The highest BCUT2D eigenvalue weighted by atomic mass is 16.5. The quantitative estimate of drug-likeness (QED) is 0.836. The fourth-order valence-electron chi connectivity index (χ4n) is 1.66. The van der Waals surface area contributed by atoms with Crippen LogP contribution in [-0.4, -0.2) is 48.1 Å². The Hall–Kier alpha value is -2.41. The van der Waals surface area contributed by atoms with Crippen molar-refractivity contribution in [2.24, 2.45) is 0 Å². The zero-order chi connectivity index (χ0) is 15.2. The predicted molar refractivity (Wildman–Crippen MR) is 79.6 cm³/mol. The minimum Gasteiger partial charge on any atom is -0.362 e. The average molecular weight is 289 g/mol. The lowest BCUT2D eigenvalue weighted by molar-refractivity contribution is 0.0946. The Morgan fingerprint density at radius 3 is 2.86 bits per heavy atom. The number of aromatic nitrogens is 2. The van der Waals surface area contributed by atoms with E-state index < -0.39 is 0 Å². The van der Waals surface area contributed by atoms with Gasteiger partial charge < -0.3 is 20.1 Å². The lowest BCUT2D eigenvalue weighted by atomic mass is 10.3. The summed E-state index contributed by atoms with van der Waals surface area (Å²) < 4.78 is 4.85. The van der Waals surface area contributed by atoms with Gasteiger partial charge in [-0.15, -0.1) is 0 Å². The molecule has 0 spiro atoms. The first-order chi connectivity index (χ1) is 10.1. The Morgan fingerprint density at radius 2 is 2.19 bits per heavy atom. The van der Waals surface area contributed by atoms with Crippen molar-refractivity contribution in [3.63, 3.8) is 0 Å². The maximum Gasteiger partial charge on any atom is 0.270 e. The van der Waals surface area contributed by atoms with Crippen molar-refractivity contribution in [2.45, 2.75) is 6.92 Å². The molecule has 112 valence electrons. The first-order valence-electron chi connectivity index (χ1n) is 6.64. The van der Waals surface area contributed by atoms with Gasteiger partial charge in [0.25, 0.3) is 5.91 Å². The van der Waals surface area contributed by atoms with Crippen LogP contribution in [0.4, 0.5) is 11.5 Å². The SMILES string of the molecule is Cc1nocc1Nc1cccc(C(=O)NCCN(C)C)n1. The molecule has 7 nitrogen and oxygen atoms in total. The van der Waals surface area contributed by atoms with E-state index in [1.807, 2.05) is 25.9 Å². The first-order valence-corrected chi connectivity index (χ1v) is 6.64. The summed E-state index contributed by atoms with van der Waals surface area (Å²) >= 11 is 0. The van der Waals surface area contributed by atoms with E-state index in [-0.39, 0.29) is 5.91 Å². The fraction of sp³-hybridized carbons (Fsp3) is 0.357. The average Bonchev–Trinajstić information content (AvgIpc) is 2.84. The number of amides is 1. The molecule has 0 aromatic carbocycles. The summed E-state index contributed by atoms with van der Waals surface area (Å²) in [5.74, 6) is 0.379.